The summed E-state index contributed by atoms with van der Waals surface area (Å²) in [5.41, 5.74) is 3.08. The smallest absolute Gasteiger partial charge is 0.236 e. The molecular formula is C28H27ClN2O3S. The Hall–Kier alpha value is -3.09. The molecule has 1 aromatic heterocycles. The van der Waals surface area contributed by atoms with E-state index in [2.05, 4.69) is 29.2 Å². The van der Waals surface area contributed by atoms with E-state index in [-0.39, 0.29) is 9.92 Å². The van der Waals surface area contributed by atoms with E-state index in [1.807, 2.05) is 42.2 Å². The van der Waals surface area contributed by atoms with E-state index in [9.17, 15) is 8.42 Å². The maximum absolute atomic E-state index is 13.7. The number of halogens is 1. The summed E-state index contributed by atoms with van der Waals surface area (Å²) in [6, 6.07) is 24.4. The average Bonchev–Trinajstić information content (AvgIpc) is 3.32. The van der Waals surface area contributed by atoms with Crippen LogP contribution in [0.5, 0.6) is 0 Å². The molecule has 2 heterocycles. The largest absolute Gasteiger partial charge is 0.419 e. The number of hydrogen-bond donors (Lipinski definition) is 0. The van der Waals surface area contributed by atoms with Crippen molar-refractivity contribution < 1.29 is 12.8 Å². The van der Waals surface area contributed by atoms with Crippen molar-refractivity contribution in [3.8, 4) is 11.5 Å². The highest BCUT2D eigenvalue weighted by atomic mass is 35.5. The van der Waals surface area contributed by atoms with E-state index in [4.69, 9.17) is 16.0 Å². The molecule has 1 fully saturated rings. The molecule has 0 radical (unpaired) electrons. The SMILES string of the molecule is Cc1ccccc1-c1nc(S(=O)(=O)c2ccc(Cl)cc2)c(N2CCC(Cc3ccccc3)CC2)o1. The fourth-order valence-electron chi connectivity index (χ4n) is 4.61. The molecule has 5 nitrogen and oxygen atoms in total. The van der Waals surface area contributed by atoms with E-state index in [0.717, 1.165) is 30.4 Å². The zero-order valence-corrected chi connectivity index (χ0v) is 21.1. The van der Waals surface area contributed by atoms with Crippen LogP contribution in [0.1, 0.15) is 24.0 Å². The second kappa shape index (κ2) is 9.88. The molecule has 0 aliphatic carbocycles. The number of nitrogens with zero attached hydrogens (tertiary/aromatic N) is 2. The molecule has 0 unspecified atom stereocenters. The molecule has 0 amide bonds. The normalized spacial score (nSPS) is 14.9. The van der Waals surface area contributed by atoms with Crippen LogP contribution in [0.25, 0.3) is 11.5 Å². The number of benzene rings is 3. The van der Waals surface area contributed by atoms with E-state index in [0.29, 0.717) is 35.8 Å². The Labute approximate surface area is 211 Å². The fourth-order valence-corrected chi connectivity index (χ4v) is 6.06. The van der Waals surface area contributed by atoms with Gasteiger partial charge in [-0.25, -0.2) is 8.42 Å². The van der Waals surface area contributed by atoms with Crippen LogP contribution < -0.4 is 4.90 Å². The number of rotatable bonds is 6. The first-order valence-electron chi connectivity index (χ1n) is 11.8. The number of hydrogen-bond acceptors (Lipinski definition) is 5. The van der Waals surface area contributed by atoms with Crippen molar-refractivity contribution in [2.45, 2.75) is 36.1 Å². The molecule has 5 rings (SSSR count). The van der Waals surface area contributed by atoms with Gasteiger partial charge in [0.2, 0.25) is 26.6 Å². The molecular weight excluding hydrogens is 480 g/mol. The number of anilines is 1. The number of piperidine rings is 1. The van der Waals surface area contributed by atoms with Crippen LogP contribution in [0, 0.1) is 12.8 Å². The fraction of sp³-hybridized carbons (Fsp3) is 0.250. The van der Waals surface area contributed by atoms with Crippen LogP contribution in [-0.2, 0) is 16.3 Å². The van der Waals surface area contributed by atoms with Crippen LogP contribution in [-0.4, -0.2) is 26.5 Å². The highest BCUT2D eigenvalue weighted by Gasteiger charge is 2.33. The molecule has 35 heavy (non-hydrogen) atoms. The van der Waals surface area contributed by atoms with Crippen molar-refractivity contribution in [3.63, 3.8) is 0 Å². The lowest BCUT2D eigenvalue weighted by Gasteiger charge is -2.32. The van der Waals surface area contributed by atoms with Gasteiger partial charge in [0.1, 0.15) is 0 Å². The second-order valence-corrected chi connectivity index (χ2v) is 11.3. The average molecular weight is 507 g/mol. The molecule has 0 bridgehead atoms. The van der Waals surface area contributed by atoms with Crippen molar-refractivity contribution in [2.24, 2.45) is 5.92 Å². The molecule has 1 aliphatic rings. The third-order valence-corrected chi connectivity index (χ3v) is 8.52. The Morgan fingerprint density at radius 2 is 1.60 bits per heavy atom. The zero-order chi connectivity index (χ0) is 24.4. The Morgan fingerprint density at radius 3 is 2.29 bits per heavy atom. The number of aryl methyl sites for hydroxylation is 1. The van der Waals surface area contributed by atoms with Crippen LogP contribution in [0.4, 0.5) is 5.88 Å². The minimum absolute atomic E-state index is 0.0421. The zero-order valence-electron chi connectivity index (χ0n) is 19.5. The lowest BCUT2D eigenvalue weighted by Crippen LogP contribution is -2.34. The lowest BCUT2D eigenvalue weighted by molar-refractivity contribution is 0.387. The van der Waals surface area contributed by atoms with E-state index < -0.39 is 9.84 Å². The van der Waals surface area contributed by atoms with E-state index in [1.165, 1.54) is 17.7 Å². The van der Waals surface area contributed by atoms with Crippen molar-refractivity contribution in [3.05, 3.63) is 95.0 Å². The number of sulfone groups is 1. The lowest BCUT2D eigenvalue weighted by atomic mass is 9.90. The minimum atomic E-state index is -3.90. The monoisotopic (exact) mass is 506 g/mol. The topological polar surface area (TPSA) is 63.4 Å². The minimum Gasteiger partial charge on any atom is -0.419 e. The van der Waals surface area contributed by atoms with Gasteiger partial charge in [0.15, 0.2) is 0 Å². The predicted octanol–water partition coefficient (Wildman–Crippen LogP) is 6.60. The van der Waals surface area contributed by atoms with Crippen molar-refractivity contribution >= 4 is 27.3 Å². The van der Waals surface area contributed by atoms with Gasteiger partial charge in [-0.1, -0.05) is 60.1 Å². The summed E-state index contributed by atoms with van der Waals surface area (Å²) < 4.78 is 33.5. The molecule has 4 aromatic rings. The Morgan fingerprint density at radius 1 is 0.943 bits per heavy atom. The predicted molar refractivity (Wildman–Crippen MR) is 139 cm³/mol. The molecule has 3 aromatic carbocycles. The molecule has 1 saturated heterocycles. The van der Waals surface area contributed by atoms with Crippen LogP contribution in [0.15, 0.2) is 93.2 Å². The van der Waals surface area contributed by atoms with Crippen molar-refractivity contribution in [1.82, 2.24) is 4.98 Å². The molecule has 0 saturated carbocycles. The third-order valence-electron chi connectivity index (χ3n) is 6.60. The van der Waals surface area contributed by atoms with Gasteiger partial charge in [-0.15, -0.1) is 0 Å². The number of oxazole rings is 1. The summed E-state index contributed by atoms with van der Waals surface area (Å²) in [5, 5.41) is 0.435. The summed E-state index contributed by atoms with van der Waals surface area (Å²) in [6.45, 7) is 3.38. The Balaban J connectivity index is 1.48. The Bertz CT molecular complexity index is 1410. The molecule has 180 valence electrons. The van der Waals surface area contributed by atoms with Gasteiger partial charge in [0.05, 0.1) is 4.90 Å². The van der Waals surface area contributed by atoms with Gasteiger partial charge in [-0.3, -0.25) is 0 Å². The molecule has 0 N–H and O–H groups in total. The van der Waals surface area contributed by atoms with Gasteiger partial charge in [-0.05, 0) is 73.6 Å². The van der Waals surface area contributed by atoms with Crippen molar-refractivity contribution in [1.29, 1.82) is 0 Å². The van der Waals surface area contributed by atoms with Crippen LogP contribution in [0.3, 0.4) is 0 Å². The Kier molecular flexibility index (Phi) is 6.67. The van der Waals surface area contributed by atoms with Crippen LogP contribution >= 0.6 is 11.6 Å². The van der Waals surface area contributed by atoms with Crippen molar-refractivity contribution in [2.75, 3.05) is 18.0 Å². The summed E-state index contributed by atoms with van der Waals surface area (Å²) in [5.74, 6) is 1.18. The first kappa shape index (κ1) is 23.6. The first-order chi connectivity index (χ1) is 16.9. The van der Waals surface area contributed by atoms with Gasteiger partial charge >= 0.3 is 0 Å². The van der Waals surface area contributed by atoms with Gasteiger partial charge in [0.25, 0.3) is 0 Å². The standard InChI is InChI=1S/C28H27ClN2O3S/c1-20-7-5-6-10-25(20)26-30-27(35(32,33)24-13-11-23(29)12-14-24)28(34-26)31-17-15-22(16-18-31)19-21-8-3-2-4-9-21/h2-14,22H,15-19H2,1H3. The van der Waals surface area contributed by atoms with Crippen LogP contribution in [0.2, 0.25) is 5.02 Å². The first-order valence-corrected chi connectivity index (χ1v) is 13.6. The summed E-state index contributed by atoms with van der Waals surface area (Å²) in [7, 11) is -3.90. The highest BCUT2D eigenvalue weighted by molar-refractivity contribution is 7.91. The van der Waals surface area contributed by atoms with E-state index >= 15 is 0 Å². The molecule has 0 atom stereocenters. The maximum Gasteiger partial charge on any atom is 0.236 e. The second-order valence-electron chi connectivity index (χ2n) is 9.02. The van der Waals surface area contributed by atoms with Gasteiger partial charge in [0, 0.05) is 23.7 Å². The van der Waals surface area contributed by atoms with Gasteiger partial charge < -0.3 is 9.32 Å². The highest BCUT2D eigenvalue weighted by Crippen LogP contribution is 2.37. The quantitative estimate of drug-likeness (QED) is 0.295. The summed E-state index contributed by atoms with van der Waals surface area (Å²) in [6.07, 6.45) is 2.93. The maximum atomic E-state index is 13.7. The summed E-state index contributed by atoms with van der Waals surface area (Å²) >= 11 is 6.00. The molecule has 0 spiro atoms. The van der Waals surface area contributed by atoms with Gasteiger partial charge in [-0.2, -0.15) is 4.98 Å². The molecule has 1 aliphatic heterocycles. The summed E-state index contributed by atoms with van der Waals surface area (Å²) in [4.78, 5) is 6.72. The number of aromatic nitrogens is 1. The third kappa shape index (κ3) is 5.00. The molecule has 7 heteroatoms. The van der Waals surface area contributed by atoms with E-state index in [1.54, 1.807) is 12.1 Å².